The second-order valence-corrected chi connectivity index (χ2v) is 8.58. The molecule has 0 radical (unpaired) electrons. The van der Waals surface area contributed by atoms with Crippen molar-refractivity contribution in [2.45, 2.75) is 25.7 Å². The minimum Gasteiger partial charge on any atom is -0.378 e. The van der Waals surface area contributed by atoms with Crippen LogP contribution in [-0.4, -0.2) is 42.2 Å². The Hall–Kier alpha value is -3.45. The number of benzene rings is 2. The Morgan fingerprint density at radius 2 is 1.61 bits per heavy atom. The maximum Gasteiger partial charge on any atom is 0.227 e. The van der Waals surface area contributed by atoms with Crippen LogP contribution in [0, 0.1) is 5.92 Å². The number of ether oxygens (including phenoxy) is 1. The van der Waals surface area contributed by atoms with Crippen molar-refractivity contribution in [2.75, 3.05) is 41.8 Å². The van der Waals surface area contributed by atoms with Gasteiger partial charge in [-0.25, -0.2) is 9.97 Å². The fourth-order valence-corrected chi connectivity index (χ4v) is 4.44. The zero-order chi connectivity index (χ0) is 22.5. The average Bonchev–Trinajstić information content (AvgIpc) is 3.41. The third-order valence-corrected chi connectivity index (χ3v) is 6.33. The number of nitrogens with one attached hydrogen (secondary N) is 2. The fourth-order valence-electron chi connectivity index (χ4n) is 4.44. The van der Waals surface area contributed by atoms with Crippen LogP contribution in [0.4, 0.5) is 23.0 Å². The van der Waals surface area contributed by atoms with E-state index < -0.39 is 0 Å². The quantitative estimate of drug-likeness (QED) is 0.567. The Morgan fingerprint density at radius 1 is 0.909 bits per heavy atom. The second kappa shape index (κ2) is 10.0. The van der Waals surface area contributed by atoms with Crippen LogP contribution in [0.25, 0.3) is 11.3 Å². The molecule has 0 unspecified atom stereocenters. The van der Waals surface area contributed by atoms with Gasteiger partial charge in [-0.1, -0.05) is 25.0 Å². The highest BCUT2D eigenvalue weighted by atomic mass is 16.5. The number of hydrogen-bond acceptors (Lipinski definition) is 6. The van der Waals surface area contributed by atoms with Crippen LogP contribution in [0.2, 0.25) is 0 Å². The van der Waals surface area contributed by atoms with E-state index in [2.05, 4.69) is 37.6 Å². The number of aromatic nitrogens is 2. The van der Waals surface area contributed by atoms with Crippen molar-refractivity contribution in [3.63, 3.8) is 0 Å². The van der Waals surface area contributed by atoms with Crippen LogP contribution in [-0.2, 0) is 9.53 Å². The Balaban J connectivity index is 1.23. The molecule has 5 rings (SSSR count). The summed E-state index contributed by atoms with van der Waals surface area (Å²) in [5.74, 6) is 0.835. The van der Waals surface area contributed by atoms with Crippen molar-refractivity contribution < 1.29 is 9.53 Å². The van der Waals surface area contributed by atoms with E-state index in [9.17, 15) is 4.79 Å². The largest absolute Gasteiger partial charge is 0.378 e. The molecule has 0 spiro atoms. The monoisotopic (exact) mass is 443 g/mol. The first-order valence-electron chi connectivity index (χ1n) is 11.7. The van der Waals surface area contributed by atoms with Crippen molar-refractivity contribution in [1.82, 2.24) is 9.97 Å². The van der Waals surface area contributed by atoms with Gasteiger partial charge in [0.1, 0.15) is 0 Å². The molecule has 2 heterocycles. The highest BCUT2D eigenvalue weighted by Gasteiger charge is 2.22. The second-order valence-electron chi connectivity index (χ2n) is 8.58. The first kappa shape index (κ1) is 21.4. The summed E-state index contributed by atoms with van der Waals surface area (Å²) >= 11 is 0. The van der Waals surface area contributed by atoms with Gasteiger partial charge in [0.2, 0.25) is 11.9 Å². The molecule has 1 saturated carbocycles. The van der Waals surface area contributed by atoms with Crippen molar-refractivity contribution >= 4 is 28.9 Å². The lowest BCUT2D eigenvalue weighted by Gasteiger charge is -2.28. The molecule has 1 amide bonds. The molecule has 1 aliphatic carbocycles. The molecule has 0 bridgehead atoms. The number of carbonyl (C=O) groups is 1. The average molecular weight is 444 g/mol. The van der Waals surface area contributed by atoms with Crippen molar-refractivity contribution in [1.29, 1.82) is 0 Å². The minimum absolute atomic E-state index is 0.133. The Morgan fingerprint density at radius 3 is 2.33 bits per heavy atom. The van der Waals surface area contributed by atoms with Gasteiger partial charge in [0.05, 0.1) is 18.9 Å². The highest BCUT2D eigenvalue weighted by molar-refractivity contribution is 5.92. The van der Waals surface area contributed by atoms with E-state index in [-0.39, 0.29) is 11.8 Å². The van der Waals surface area contributed by atoms with E-state index >= 15 is 0 Å². The lowest BCUT2D eigenvalue weighted by Crippen LogP contribution is -2.36. The number of carbonyl (C=O) groups excluding carboxylic acids is 1. The first-order valence-corrected chi connectivity index (χ1v) is 11.7. The van der Waals surface area contributed by atoms with Gasteiger partial charge in [-0.15, -0.1) is 0 Å². The lowest BCUT2D eigenvalue weighted by atomic mass is 10.1. The Kier molecular flexibility index (Phi) is 6.48. The van der Waals surface area contributed by atoms with Crippen molar-refractivity contribution in [3.8, 4) is 11.3 Å². The normalized spacial score (nSPS) is 16.5. The third kappa shape index (κ3) is 5.31. The summed E-state index contributed by atoms with van der Waals surface area (Å²) in [6.45, 7) is 3.38. The van der Waals surface area contributed by atoms with E-state index in [0.717, 1.165) is 74.6 Å². The number of amides is 1. The predicted octanol–water partition coefficient (Wildman–Crippen LogP) is 4.85. The molecular weight excluding hydrogens is 414 g/mol. The number of hydrogen-bond donors (Lipinski definition) is 2. The summed E-state index contributed by atoms with van der Waals surface area (Å²) in [5, 5.41) is 6.33. The van der Waals surface area contributed by atoms with E-state index in [1.165, 1.54) is 5.69 Å². The molecule has 3 aromatic rings. The molecule has 2 fully saturated rings. The Labute approximate surface area is 194 Å². The summed E-state index contributed by atoms with van der Waals surface area (Å²) in [7, 11) is 0. The maximum atomic E-state index is 12.4. The number of anilines is 4. The summed E-state index contributed by atoms with van der Waals surface area (Å²) < 4.78 is 5.43. The van der Waals surface area contributed by atoms with Crippen molar-refractivity contribution in [3.05, 3.63) is 60.8 Å². The maximum absolute atomic E-state index is 12.4. The van der Waals surface area contributed by atoms with E-state index in [4.69, 9.17) is 4.74 Å². The van der Waals surface area contributed by atoms with Crippen LogP contribution in [0.3, 0.4) is 0 Å². The molecule has 2 N–H and O–H groups in total. The van der Waals surface area contributed by atoms with Crippen molar-refractivity contribution in [2.24, 2.45) is 5.92 Å². The molecule has 33 heavy (non-hydrogen) atoms. The molecule has 7 nitrogen and oxygen atoms in total. The molecule has 170 valence electrons. The van der Waals surface area contributed by atoms with Gasteiger partial charge in [0.25, 0.3) is 0 Å². The standard InChI is InChI=1S/C26H29N5O2/c32-25(20-3-1-2-4-20)28-21-7-5-19(6-8-21)24-13-14-27-26(30-24)29-22-9-11-23(12-10-22)31-15-17-33-18-16-31/h5-14,20H,1-4,15-18H2,(H,28,32)(H,27,29,30). The van der Waals surface area contributed by atoms with Crippen LogP contribution < -0.4 is 15.5 Å². The zero-order valence-corrected chi connectivity index (χ0v) is 18.7. The van der Waals surface area contributed by atoms with Crippen LogP contribution in [0.5, 0.6) is 0 Å². The van der Waals surface area contributed by atoms with Gasteiger partial charge in [0.15, 0.2) is 0 Å². The van der Waals surface area contributed by atoms with E-state index in [1.807, 2.05) is 42.5 Å². The lowest BCUT2D eigenvalue weighted by molar-refractivity contribution is -0.119. The van der Waals surface area contributed by atoms with Gasteiger partial charge < -0.3 is 20.3 Å². The molecule has 1 aromatic heterocycles. The first-order chi connectivity index (χ1) is 16.2. The van der Waals surface area contributed by atoms with E-state index in [1.54, 1.807) is 6.20 Å². The minimum atomic E-state index is 0.133. The van der Waals surface area contributed by atoms with Gasteiger partial charge in [0, 0.05) is 47.8 Å². The summed E-state index contributed by atoms with van der Waals surface area (Å²) in [6, 6.07) is 18.0. The SMILES string of the molecule is O=C(Nc1ccc(-c2ccnc(Nc3ccc(N4CCOCC4)cc3)n2)cc1)C1CCCC1. The number of rotatable bonds is 6. The molecular formula is C26H29N5O2. The van der Waals surface area contributed by atoms with Gasteiger partial charge in [-0.3, -0.25) is 4.79 Å². The summed E-state index contributed by atoms with van der Waals surface area (Å²) in [6.07, 6.45) is 6.05. The molecule has 1 aliphatic heterocycles. The van der Waals surface area contributed by atoms with Gasteiger partial charge >= 0.3 is 0 Å². The smallest absolute Gasteiger partial charge is 0.227 e. The molecule has 1 saturated heterocycles. The molecule has 7 heteroatoms. The van der Waals surface area contributed by atoms with Crippen LogP contribution in [0.1, 0.15) is 25.7 Å². The zero-order valence-electron chi connectivity index (χ0n) is 18.7. The van der Waals surface area contributed by atoms with E-state index in [0.29, 0.717) is 5.95 Å². The predicted molar refractivity (Wildman–Crippen MR) is 131 cm³/mol. The highest BCUT2D eigenvalue weighted by Crippen LogP contribution is 2.27. The summed E-state index contributed by atoms with van der Waals surface area (Å²) in [5.41, 5.74) is 4.75. The summed E-state index contributed by atoms with van der Waals surface area (Å²) in [4.78, 5) is 23.7. The topological polar surface area (TPSA) is 79.4 Å². The third-order valence-electron chi connectivity index (χ3n) is 6.33. The van der Waals surface area contributed by atoms with Crippen LogP contribution in [0.15, 0.2) is 60.8 Å². The number of morpholine rings is 1. The molecule has 2 aliphatic rings. The van der Waals surface area contributed by atoms with Gasteiger partial charge in [-0.2, -0.15) is 0 Å². The molecule has 0 atom stereocenters. The molecule has 2 aromatic carbocycles. The van der Waals surface area contributed by atoms with Gasteiger partial charge in [-0.05, 0) is 55.3 Å². The number of nitrogens with zero attached hydrogens (tertiary/aromatic N) is 3. The Bertz CT molecular complexity index is 1070. The fraction of sp³-hybridized carbons (Fsp3) is 0.346. The van der Waals surface area contributed by atoms with Crippen LogP contribution >= 0.6 is 0 Å².